The monoisotopic (exact) mass is 751 g/mol. The molecule has 4 unspecified atom stereocenters. The van der Waals surface area contributed by atoms with Crippen molar-refractivity contribution in [2.45, 2.75) is 152 Å². The second kappa shape index (κ2) is 12.3. The topological polar surface area (TPSA) is 86.7 Å². The maximum absolute atomic E-state index is 12.1. The molecular formula is C46H74N2O4S. The fraction of sp³-hybridized carbons (Fsp3) is 0.848. The first-order valence-electron chi connectivity index (χ1n) is 21.4. The average molecular weight is 751 g/mol. The van der Waals surface area contributed by atoms with Gasteiger partial charge in [-0.1, -0.05) is 79.7 Å². The number of carboxylic acid groups (broad SMARTS) is 1. The van der Waals surface area contributed by atoms with E-state index in [-0.39, 0.29) is 43.4 Å². The van der Waals surface area contributed by atoms with Gasteiger partial charge >= 0.3 is 5.97 Å². The van der Waals surface area contributed by atoms with Gasteiger partial charge in [-0.05, 0) is 152 Å². The SMILES string of the molecule is C=C(C)[C@@H]1CC[C@]2(NCCN3CCS(=O)(=O)CC3)CC[C@]3(C)C(CC[C@]4(C)C5(C)CC=C(C6=CCC(C)(C(=O)O)CC6)C(C)(C)[C@]5(C)CCC43C)[C@@]12C. The number of nitrogens with one attached hydrogen (secondary N) is 1. The van der Waals surface area contributed by atoms with Crippen molar-refractivity contribution < 1.29 is 18.3 Å². The number of fused-ring (bicyclic) bond motifs is 7. The van der Waals surface area contributed by atoms with Crippen molar-refractivity contribution in [1.29, 1.82) is 0 Å². The summed E-state index contributed by atoms with van der Waals surface area (Å²) < 4.78 is 24.2. The summed E-state index contributed by atoms with van der Waals surface area (Å²) in [7, 11) is -2.88. The second-order valence-corrected chi connectivity index (χ2v) is 24.1. The van der Waals surface area contributed by atoms with Crippen molar-refractivity contribution in [3.05, 3.63) is 35.5 Å². The summed E-state index contributed by atoms with van der Waals surface area (Å²) in [6, 6.07) is 0. The van der Waals surface area contributed by atoms with Crippen molar-refractivity contribution in [2.24, 2.45) is 55.2 Å². The quantitative estimate of drug-likeness (QED) is 0.252. The van der Waals surface area contributed by atoms with E-state index in [2.05, 4.69) is 91.3 Å². The van der Waals surface area contributed by atoms with Crippen LogP contribution >= 0.6 is 0 Å². The number of nitrogens with zero attached hydrogens (tertiary/aromatic N) is 1. The molecule has 0 aromatic heterocycles. The predicted octanol–water partition coefficient (Wildman–Crippen LogP) is 9.62. The largest absolute Gasteiger partial charge is 0.481 e. The molecule has 6 nitrogen and oxygen atoms in total. The van der Waals surface area contributed by atoms with Gasteiger partial charge < -0.3 is 15.3 Å². The van der Waals surface area contributed by atoms with E-state index in [1.54, 1.807) is 0 Å². The third-order valence-corrected chi connectivity index (χ3v) is 22.1. The van der Waals surface area contributed by atoms with Gasteiger partial charge in [-0.2, -0.15) is 0 Å². The van der Waals surface area contributed by atoms with Gasteiger partial charge in [0.25, 0.3) is 0 Å². The Bertz CT molecular complexity index is 1720. The molecule has 298 valence electrons. The predicted molar refractivity (Wildman–Crippen MR) is 217 cm³/mol. The zero-order valence-corrected chi connectivity index (χ0v) is 36.1. The second-order valence-electron chi connectivity index (χ2n) is 21.8. The van der Waals surface area contributed by atoms with Crippen LogP contribution in [0.1, 0.15) is 146 Å². The number of hydrogen-bond donors (Lipinski definition) is 2. The molecule has 7 heteroatoms. The maximum Gasteiger partial charge on any atom is 0.309 e. The summed E-state index contributed by atoms with van der Waals surface area (Å²) in [4.78, 5) is 14.5. The highest BCUT2D eigenvalue weighted by atomic mass is 32.2. The first-order valence-corrected chi connectivity index (χ1v) is 23.2. The lowest BCUT2D eigenvalue weighted by Gasteiger charge is -2.80. The molecule has 0 amide bonds. The van der Waals surface area contributed by atoms with E-state index < -0.39 is 21.2 Å². The van der Waals surface area contributed by atoms with Crippen molar-refractivity contribution in [3.8, 4) is 0 Å². The molecule has 0 bridgehead atoms. The summed E-state index contributed by atoms with van der Waals surface area (Å²) in [6.07, 6.45) is 18.1. The number of carboxylic acids is 1. The molecule has 1 aliphatic heterocycles. The lowest BCUT2D eigenvalue weighted by Crippen LogP contribution is -2.75. The van der Waals surface area contributed by atoms with E-state index in [0.29, 0.717) is 49.3 Å². The molecule has 7 rings (SSSR count). The Kier molecular flexibility index (Phi) is 9.22. The average Bonchev–Trinajstić information content (AvgIpc) is 3.38. The molecule has 53 heavy (non-hydrogen) atoms. The number of sulfone groups is 1. The Morgan fingerprint density at radius 2 is 1.49 bits per heavy atom. The maximum atomic E-state index is 12.1. The number of allylic oxidation sites excluding steroid dienone is 5. The minimum Gasteiger partial charge on any atom is -0.481 e. The van der Waals surface area contributed by atoms with Gasteiger partial charge in [0.15, 0.2) is 9.84 Å². The number of hydrogen-bond acceptors (Lipinski definition) is 5. The molecule has 0 aromatic rings. The molecule has 0 spiro atoms. The van der Waals surface area contributed by atoms with Gasteiger partial charge in [-0.25, -0.2) is 8.42 Å². The first kappa shape index (κ1) is 39.8. The van der Waals surface area contributed by atoms with Crippen LogP contribution in [0.2, 0.25) is 0 Å². The van der Waals surface area contributed by atoms with Gasteiger partial charge in [0.2, 0.25) is 0 Å². The van der Waals surface area contributed by atoms with Crippen LogP contribution in [0.5, 0.6) is 0 Å². The zero-order valence-electron chi connectivity index (χ0n) is 35.3. The van der Waals surface area contributed by atoms with Crippen LogP contribution in [0, 0.1) is 55.2 Å². The zero-order chi connectivity index (χ0) is 38.9. The Balaban J connectivity index is 1.21. The van der Waals surface area contributed by atoms with Crippen LogP contribution in [-0.2, 0) is 14.6 Å². The third-order valence-electron chi connectivity index (χ3n) is 20.4. The smallest absolute Gasteiger partial charge is 0.309 e. The van der Waals surface area contributed by atoms with E-state index >= 15 is 0 Å². The molecule has 1 heterocycles. The van der Waals surface area contributed by atoms with Crippen molar-refractivity contribution in [1.82, 2.24) is 10.2 Å². The Morgan fingerprint density at radius 3 is 2.09 bits per heavy atom. The van der Waals surface area contributed by atoms with E-state index in [0.717, 1.165) is 25.9 Å². The highest BCUT2D eigenvalue weighted by Crippen LogP contribution is 2.85. The summed E-state index contributed by atoms with van der Waals surface area (Å²) in [5, 5.41) is 14.2. The van der Waals surface area contributed by atoms with Crippen molar-refractivity contribution >= 4 is 15.8 Å². The minimum atomic E-state index is -2.88. The number of rotatable bonds is 7. The van der Waals surface area contributed by atoms with Crippen LogP contribution in [0.3, 0.4) is 0 Å². The third kappa shape index (κ3) is 5.06. The molecule has 2 N–H and O–H groups in total. The summed E-state index contributed by atoms with van der Waals surface area (Å²) in [6.45, 7) is 33.3. The van der Waals surface area contributed by atoms with Gasteiger partial charge in [0.05, 0.1) is 16.9 Å². The van der Waals surface area contributed by atoms with Crippen LogP contribution in [0.25, 0.3) is 0 Å². The molecule has 7 aliphatic rings. The van der Waals surface area contributed by atoms with Gasteiger partial charge in [-0.15, -0.1) is 0 Å². The van der Waals surface area contributed by atoms with E-state index in [9.17, 15) is 18.3 Å². The summed E-state index contributed by atoms with van der Waals surface area (Å²) >= 11 is 0. The lowest BCUT2D eigenvalue weighted by atomic mass is 9.24. The molecule has 1 saturated heterocycles. The number of aliphatic carboxylic acids is 1. The fourth-order valence-corrected chi connectivity index (χ4v) is 17.1. The molecule has 4 saturated carbocycles. The Morgan fingerprint density at radius 1 is 0.830 bits per heavy atom. The van der Waals surface area contributed by atoms with Crippen molar-refractivity contribution in [2.75, 3.05) is 37.7 Å². The van der Waals surface area contributed by atoms with E-state index in [1.165, 1.54) is 68.1 Å². The molecule has 10 atom stereocenters. The van der Waals surface area contributed by atoms with Gasteiger partial charge in [-0.3, -0.25) is 4.79 Å². The molecular weight excluding hydrogens is 677 g/mol. The minimum absolute atomic E-state index is 0.0163. The van der Waals surface area contributed by atoms with Crippen LogP contribution in [0.4, 0.5) is 0 Å². The Labute approximate surface area is 323 Å². The fourth-order valence-electron chi connectivity index (χ4n) is 15.8. The lowest BCUT2D eigenvalue weighted by molar-refractivity contribution is -0.304. The van der Waals surface area contributed by atoms with Gasteiger partial charge in [0, 0.05) is 31.7 Å². The van der Waals surface area contributed by atoms with Crippen LogP contribution in [-0.4, -0.2) is 67.6 Å². The highest BCUT2D eigenvalue weighted by Gasteiger charge is 2.78. The van der Waals surface area contributed by atoms with E-state index in [1.807, 2.05) is 6.92 Å². The van der Waals surface area contributed by atoms with E-state index in [4.69, 9.17) is 0 Å². The molecule has 0 aromatic carbocycles. The number of carbonyl (C=O) groups is 1. The van der Waals surface area contributed by atoms with Crippen LogP contribution < -0.4 is 5.32 Å². The summed E-state index contributed by atoms with van der Waals surface area (Å²) in [5.41, 5.74) is 4.57. The first-order chi connectivity index (χ1) is 24.4. The standard InChI is InChI=1S/C46H74N2O4S/c1-32(2)34-15-21-46(47-26-27-48-28-30-53(51,52)31-29-48)25-22-40(6)36(45(34,46)11)16-20-44(10)42(40,8)24-23-41(7)38(3,4)35(14-19-43(41,44)9)33-12-17-39(5,18-13-33)37(49)50/h12,14,34,36,47H,1,13,15-31H2,2-11H3,(H,49,50)/t34-,36?,39?,40+,41-,42?,43?,44-,45+,46-/m0/s1. The molecule has 5 fully saturated rings. The summed E-state index contributed by atoms with van der Waals surface area (Å²) in [5.74, 6) is 1.03. The normalized spacial score (nSPS) is 49.0. The highest BCUT2D eigenvalue weighted by molar-refractivity contribution is 7.91. The molecule has 6 aliphatic carbocycles. The molecule has 0 radical (unpaired) electrons. The van der Waals surface area contributed by atoms with Crippen LogP contribution in [0.15, 0.2) is 35.5 Å². The van der Waals surface area contributed by atoms with Crippen molar-refractivity contribution in [3.63, 3.8) is 0 Å². The van der Waals surface area contributed by atoms with Gasteiger partial charge in [0.1, 0.15) is 0 Å². The Hall–Kier alpha value is -1.44.